The number of nitro groups is 1. The van der Waals surface area contributed by atoms with E-state index in [0.29, 0.717) is 19.9 Å². The molecule has 1 aromatic heterocycles. The fourth-order valence-corrected chi connectivity index (χ4v) is 6.14. The average Bonchev–Trinajstić information content (AvgIpc) is 3.19. The van der Waals surface area contributed by atoms with Crippen molar-refractivity contribution in [2.75, 3.05) is 10.8 Å². The molecule has 0 aliphatic heterocycles. The second-order valence-electron chi connectivity index (χ2n) is 8.65. The van der Waals surface area contributed by atoms with Crippen LogP contribution >= 0.6 is 23.2 Å². The molecular formula is C27H23Cl2N5O5S. The van der Waals surface area contributed by atoms with Crippen molar-refractivity contribution in [2.45, 2.75) is 18.7 Å². The Kier molecular flexibility index (Phi) is 8.58. The van der Waals surface area contributed by atoms with Crippen molar-refractivity contribution >= 4 is 56.7 Å². The number of hydrogen-bond donors (Lipinski definition) is 1. The maximum atomic E-state index is 13.5. The number of nitrogens with zero attached hydrogens (tertiary/aromatic N) is 4. The van der Waals surface area contributed by atoms with Gasteiger partial charge in [0.25, 0.3) is 21.6 Å². The first kappa shape index (κ1) is 28.8. The Labute approximate surface area is 240 Å². The molecule has 0 aliphatic rings. The highest BCUT2D eigenvalue weighted by molar-refractivity contribution is 7.92. The van der Waals surface area contributed by atoms with Gasteiger partial charge in [-0.1, -0.05) is 53.5 Å². The van der Waals surface area contributed by atoms with E-state index in [4.69, 9.17) is 23.2 Å². The Morgan fingerprint density at radius 2 is 1.65 bits per heavy atom. The van der Waals surface area contributed by atoms with Crippen molar-refractivity contribution in [3.63, 3.8) is 0 Å². The first-order chi connectivity index (χ1) is 19.0. The Hall–Kier alpha value is -4.19. The molecule has 3 aromatic carbocycles. The normalized spacial score (nSPS) is 11.5. The topological polar surface area (TPSA) is 127 Å². The summed E-state index contributed by atoms with van der Waals surface area (Å²) in [6.45, 7) is 2.99. The molecule has 10 nitrogen and oxygen atoms in total. The molecule has 40 heavy (non-hydrogen) atoms. The molecule has 4 aromatic rings. The van der Waals surface area contributed by atoms with Crippen molar-refractivity contribution in [3.05, 3.63) is 116 Å². The van der Waals surface area contributed by atoms with E-state index in [1.807, 2.05) is 24.5 Å². The highest BCUT2D eigenvalue weighted by atomic mass is 35.5. The van der Waals surface area contributed by atoms with Crippen molar-refractivity contribution in [2.24, 2.45) is 5.10 Å². The third-order valence-electron chi connectivity index (χ3n) is 5.93. The van der Waals surface area contributed by atoms with Crippen LogP contribution in [-0.4, -0.2) is 36.6 Å². The van der Waals surface area contributed by atoms with Crippen molar-refractivity contribution in [3.8, 4) is 5.69 Å². The van der Waals surface area contributed by atoms with Gasteiger partial charge in [0.1, 0.15) is 12.2 Å². The van der Waals surface area contributed by atoms with Gasteiger partial charge in [-0.05, 0) is 56.3 Å². The molecule has 0 atom stereocenters. The molecule has 0 spiro atoms. The van der Waals surface area contributed by atoms with Gasteiger partial charge in [0.05, 0.1) is 16.0 Å². The van der Waals surface area contributed by atoms with E-state index in [2.05, 4.69) is 10.5 Å². The molecule has 1 amide bonds. The Morgan fingerprint density at radius 3 is 2.30 bits per heavy atom. The quantitative estimate of drug-likeness (QED) is 0.151. The summed E-state index contributed by atoms with van der Waals surface area (Å²) in [5.74, 6) is -0.802. The second-order valence-corrected chi connectivity index (χ2v) is 11.4. The predicted molar refractivity (Wildman–Crippen MR) is 155 cm³/mol. The first-order valence-electron chi connectivity index (χ1n) is 11.8. The van der Waals surface area contributed by atoms with Crippen LogP contribution in [0.3, 0.4) is 0 Å². The molecule has 0 aliphatic carbocycles. The summed E-state index contributed by atoms with van der Waals surface area (Å²) in [6.07, 6.45) is 1.42. The third kappa shape index (κ3) is 6.17. The minimum atomic E-state index is -4.34. The van der Waals surface area contributed by atoms with Crippen LogP contribution in [-0.2, 0) is 14.8 Å². The van der Waals surface area contributed by atoms with E-state index >= 15 is 0 Å². The maximum absolute atomic E-state index is 13.5. The molecule has 206 valence electrons. The zero-order chi connectivity index (χ0) is 29.0. The fourth-order valence-electron chi connectivity index (χ4n) is 4.17. The van der Waals surface area contributed by atoms with Crippen LogP contribution in [0.15, 0.2) is 88.9 Å². The molecule has 0 fully saturated rings. The highest BCUT2D eigenvalue weighted by Gasteiger charge is 2.31. The van der Waals surface area contributed by atoms with Crippen LogP contribution in [0.4, 0.5) is 11.4 Å². The van der Waals surface area contributed by atoms with Gasteiger partial charge in [-0.25, -0.2) is 18.1 Å². The maximum Gasteiger partial charge on any atom is 0.293 e. The van der Waals surface area contributed by atoms with Crippen molar-refractivity contribution in [1.29, 1.82) is 0 Å². The number of anilines is 1. The van der Waals surface area contributed by atoms with Gasteiger partial charge in [-0.2, -0.15) is 5.10 Å². The van der Waals surface area contributed by atoms with Crippen molar-refractivity contribution in [1.82, 2.24) is 9.99 Å². The monoisotopic (exact) mass is 599 g/mol. The number of rotatable bonds is 9. The number of carbonyl (C=O) groups is 1. The zero-order valence-electron chi connectivity index (χ0n) is 21.3. The SMILES string of the molecule is Cc1cc(/C=N\NC(=O)CN(c2ccccc2[N+](=O)[O-])S(=O)(=O)c2ccccc2)c(C)n1-c1cc(Cl)cc(Cl)c1. The summed E-state index contributed by atoms with van der Waals surface area (Å²) in [7, 11) is -4.34. The van der Waals surface area contributed by atoms with Crippen LogP contribution in [0.25, 0.3) is 5.69 Å². The van der Waals surface area contributed by atoms with Crippen LogP contribution in [0.1, 0.15) is 17.0 Å². The van der Waals surface area contributed by atoms with Gasteiger partial charge < -0.3 is 4.57 Å². The lowest BCUT2D eigenvalue weighted by atomic mass is 10.2. The van der Waals surface area contributed by atoms with E-state index < -0.39 is 33.1 Å². The third-order valence-corrected chi connectivity index (χ3v) is 8.14. The molecule has 0 saturated heterocycles. The predicted octanol–water partition coefficient (Wildman–Crippen LogP) is 5.65. The van der Waals surface area contributed by atoms with Crippen LogP contribution < -0.4 is 9.73 Å². The smallest absolute Gasteiger partial charge is 0.293 e. The first-order valence-corrected chi connectivity index (χ1v) is 14.0. The van der Waals surface area contributed by atoms with Gasteiger partial charge in [-0.3, -0.25) is 14.9 Å². The summed E-state index contributed by atoms with van der Waals surface area (Å²) in [4.78, 5) is 23.7. The lowest BCUT2D eigenvalue weighted by Gasteiger charge is -2.23. The van der Waals surface area contributed by atoms with Gasteiger partial charge in [0.15, 0.2) is 0 Å². The summed E-state index contributed by atoms with van der Waals surface area (Å²) in [6, 6.07) is 19.7. The largest absolute Gasteiger partial charge is 0.318 e. The summed E-state index contributed by atoms with van der Waals surface area (Å²) in [5, 5.41) is 16.6. The molecule has 0 saturated carbocycles. The minimum absolute atomic E-state index is 0.127. The van der Waals surface area contributed by atoms with E-state index in [1.165, 1.54) is 54.7 Å². The Bertz CT molecular complexity index is 1700. The van der Waals surface area contributed by atoms with Crippen LogP contribution in [0.5, 0.6) is 0 Å². The standard InChI is InChI=1S/C27H23Cl2N5O5S/c1-18-12-20(19(2)33(18)23-14-21(28)13-22(29)15-23)16-30-31-27(35)17-32(25-10-6-7-11-26(25)34(36)37)40(38,39)24-8-4-3-5-9-24/h3-16H,17H2,1-2H3,(H,31,35)/b30-16-. The number of aryl methyl sites for hydroxylation is 1. The summed E-state index contributed by atoms with van der Waals surface area (Å²) in [5.41, 5.74) is 4.69. The highest BCUT2D eigenvalue weighted by Crippen LogP contribution is 2.32. The molecule has 1 heterocycles. The number of hydrogen-bond acceptors (Lipinski definition) is 6. The molecule has 0 radical (unpaired) electrons. The number of benzene rings is 3. The summed E-state index contributed by atoms with van der Waals surface area (Å²) >= 11 is 12.3. The Balaban J connectivity index is 1.60. The number of carbonyl (C=O) groups excluding carboxylic acids is 1. The van der Waals surface area contributed by atoms with Gasteiger partial charge in [0.2, 0.25) is 0 Å². The van der Waals surface area contributed by atoms with E-state index in [9.17, 15) is 23.3 Å². The number of halogens is 2. The van der Waals surface area contributed by atoms with Crippen LogP contribution in [0, 0.1) is 24.0 Å². The zero-order valence-corrected chi connectivity index (χ0v) is 23.6. The van der Waals surface area contributed by atoms with Crippen molar-refractivity contribution < 1.29 is 18.1 Å². The number of nitrogens with one attached hydrogen (secondary N) is 1. The molecule has 0 bridgehead atoms. The number of hydrazone groups is 1. The van der Waals surface area contributed by atoms with Crippen LogP contribution in [0.2, 0.25) is 10.0 Å². The molecule has 0 unspecified atom stereocenters. The lowest BCUT2D eigenvalue weighted by molar-refractivity contribution is -0.384. The number of nitro benzene ring substituents is 1. The molecule has 13 heteroatoms. The second kappa shape index (κ2) is 11.9. The van der Waals surface area contributed by atoms with E-state index in [-0.39, 0.29) is 10.6 Å². The Morgan fingerprint density at radius 1 is 1.02 bits per heavy atom. The summed E-state index contributed by atoms with van der Waals surface area (Å²) < 4.78 is 29.6. The minimum Gasteiger partial charge on any atom is -0.318 e. The fraction of sp³-hybridized carbons (Fsp3) is 0.111. The van der Waals surface area contributed by atoms with Gasteiger partial charge >= 0.3 is 0 Å². The number of sulfonamides is 1. The lowest BCUT2D eigenvalue weighted by Crippen LogP contribution is -2.39. The molecule has 4 rings (SSSR count). The molecule has 1 N–H and O–H groups in total. The van der Waals surface area contributed by atoms with Gasteiger partial charge in [-0.15, -0.1) is 0 Å². The number of para-hydroxylation sites is 2. The number of amides is 1. The van der Waals surface area contributed by atoms with Gasteiger partial charge in [0, 0.05) is 38.8 Å². The average molecular weight is 600 g/mol. The van der Waals surface area contributed by atoms with E-state index in [0.717, 1.165) is 17.1 Å². The van der Waals surface area contributed by atoms with E-state index in [1.54, 1.807) is 24.3 Å². The molecular weight excluding hydrogens is 577 g/mol. The number of aromatic nitrogens is 1.